The average molecular weight is 497 g/mol. The van der Waals surface area contributed by atoms with Crippen molar-refractivity contribution in [3.63, 3.8) is 0 Å². The summed E-state index contributed by atoms with van der Waals surface area (Å²) in [5.41, 5.74) is 3.75. The Kier molecular flexibility index (Phi) is 6.89. The van der Waals surface area contributed by atoms with Gasteiger partial charge in [-0.1, -0.05) is 45.9 Å². The van der Waals surface area contributed by atoms with Gasteiger partial charge in [-0.15, -0.1) is 0 Å². The summed E-state index contributed by atoms with van der Waals surface area (Å²) in [5.74, 6) is 1.07. The van der Waals surface area contributed by atoms with Crippen LogP contribution in [0.5, 0.6) is 5.75 Å². The molecule has 2 aromatic heterocycles. The Morgan fingerprint density at radius 2 is 2.00 bits per heavy atom. The molecule has 0 saturated heterocycles. The first-order valence-corrected chi connectivity index (χ1v) is 11.6. The summed E-state index contributed by atoms with van der Waals surface area (Å²) in [5, 5.41) is 8.37. The van der Waals surface area contributed by atoms with Gasteiger partial charge in [0.25, 0.3) is 0 Å². The van der Waals surface area contributed by atoms with E-state index in [1.807, 2.05) is 67.7 Å². The Bertz CT molecular complexity index is 1190. The van der Waals surface area contributed by atoms with Crippen molar-refractivity contribution in [3.8, 4) is 17.0 Å². The van der Waals surface area contributed by atoms with Gasteiger partial charge in [0.15, 0.2) is 0 Å². The second-order valence-electron chi connectivity index (χ2n) is 6.71. The van der Waals surface area contributed by atoms with Gasteiger partial charge in [0.1, 0.15) is 10.8 Å². The lowest BCUT2D eigenvalue weighted by Crippen LogP contribution is -2.24. The molecule has 4 aromatic rings. The van der Waals surface area contributed by atoms with Gasteiger partial charge in [-0.25, -0.2) is 9.50 Å². The molecule has 2 aromatic carbocycles. The van der Waals surface area contributed by atoms with Crippen LogP contribution in [0.3, 0.4) is 0 Å². The molecule has 0 aliphatic rings. The lowest BCUT2D eigenvalue weighted by Gasteiger charge is -2.07. The number of rotatable bonds is 8. The maximum atomic E-state index is 12.3. The number of nitrogens with one attached hydrogen (secondary N) is 1. The van der Waals surface area contributed by atoms with Crippen LogP contribution in [0, 0.1) is 0 Å². The standard InChI is InChI=1S/C23H21BrN4O2S/c1-2-30-18-9-7-16(8-10-18)20-13-21-23(25-11-12-28(21)27-20)31-15-22(29)26-14-17-5-3-4-6-19(17)24/h3-13H,2,14-15H2,1H3,(H,26,29). The van der Waals surface area contributed by atoms with Crippen LogP contribution in [0.4, 0.5) is 0 Å². The van der Waals surface area contributed by atoms with Crippen molar-refractivity contribution < 1.29 is 9.53 Å². The molecule has 1 amide bonds. The topological polar surface area (TPSA) is 68.5 Å². The van der Waals surface area contributed by atoms with E-state index in [0.717, 1.165) is 37.6 Å². The van der Waals surface area contributed by atoms with Crippen molar-refractivity contribution >= 4 is 39.1 Å². The third kappa shape index (κ3) is 5.26. The fraction of sp³-hybridized carbons (Fsp3) is 0.174. The van der Waals surface area contributed by atoms with Crippen LogP contribution < -0.4 is 10.1 Å². The SMILES string of the molecule is CCOc1ccc(-c2cc3c(SCC(=O)NCc4ccccc4Br)nccn3n2)cc1. The van der Waals surface area contributed by atoms with Crippen LogP contribution in [-0.2, 0) is 11.3 Å². The fourth-order valence-electron chi connectivity index (χ4n) is 3.06. The minimum Gasteiger partial charge on any atom is -0.494 e. The molecule has 1 N–H and O–H groups in total. The number of benzene rings is 2. The molecule has 8 heteroatoms. The number of carbonyl (C=O) groups excluding carboxylic acids is 1. The molecule has 31 heavy (non-hydrogen) atoms. The molecule has 0 saturated carbocycles. The van der Waals surface area contributed by atoms with Crippen LogP contribution in [0.2, 0.25) is 0 Å². The number of hydrogen-bond acceptors (Lipinski definition) is 5. The molecule has 0 aliphatic carbocycles. The molecule has 0 atom stereocenters. The van der Waals surface area contributed by atoms with Crippen molar-refractivity contribution in [1.82, 2.24) is 19.9 Å². The number of hydrogen-bond donors (Lipinski definition) is 1. The second-order valence-corrected chi connectivity index (χ2v) is 8.52. The number of thioether (sulfide) groups is 1. The van der Waals surface area contributed by atoms with Crippen molar-refractivity contribution in [1.29, 1.82) is 0 Å². The zero-order valence-electron chi connectivity index (χ0n) is 16.9. The average Bonchev–Trinajstić information content (AvgIpc) is 3.23. The first-order valence-electron chi connectivity index (χ1n) is 9.84. The van der Waals surface area contributed by atoms with E-state index in [2.05, 4.69) is 31.3 Å². The van der Waals surface area contributed by atoms with E-state index in [-0.39, 0.29) is 11.7 Å². The number of carbonyl (C=O) groups is 1. The summed E-state index contributed by atoms with van der Waals surface area (Å²) in [7, 11) is 0. The van der Waals surface area contributed by atoms with E-state index in [9.17, 15) is 4.79 Å². The van der Waals surface area contributed by atoms with Gasteiger partial charge in [-0.3, -0.25) is 4.79 Å². The summed E-state index contributed by atoms with van der Waals surface area (Å²) in [4.78, 5) is 16.8. The molecule has 0 aliphatic heterocycles. The van der Waals surface area contributed by atoms with Gasteiger partial charge in [-0.05, 0) is 48.9 Å². The maximum Gasteiger partial charge on any atom is 0.230 e. The van der Waals surface area contributed by atoms with Crippen molar-refractivity contribution in [2.24, 2.45) is 0 Å². The summed E-state index contributed by atoms with van der Waals surface area (Å²) in [6, 6.07) is 17.7. The Morgan fingerprint density at radius 1 is 1.19 bits per heavy atom. The van der Waals surface area contributed by atoms with Crippen LogP contribution in [0.1, 0.15) is 12.5 Å². The van der Waals surface area contributed by atoms with Gasteiger partial charge in [-0.2, -0.15) is 5.10 Å². The molecule has 158 valence electrons. The fourth-order valence-corrected chi connectivity index (χ4v) is 4.29. The Morgan fingerprint density at radius 3 is 2.77 bits per heavy atom. The van der Waals surface area contributed by atoms with Gasteiger partial charge in [0.2, 0.25) is 5.91 Å². The molecule has 6 nitrogen and oxygen atoms in total. The molecule has 4 rings (SSSR count). The van der Waals surface area contributed by atoms with Gasteiger partial charge >= 0.3 is 0 Å². The number of ether oxygens (including phenoxy) is 1. The van der Waals surface area contributed by atoms with E-state index >= 15 is 0 Å². The third-order valence-electron chi connectivity index (χ3n) is 4.59. The smallest absolute Gasteiger partial charge is 0.230 e. The van der Waals surface area contributed by atoms with Crippen LogP contribution >= 0.6 is 27.7 Å². The normalized spacial score (nSPS) is 10.9. The minimum absolute atomic E-state index is 0.0455. The van der Waals surface area contributed by atoms with E-state index in [4.69, 9.17) is 4.74 Å². The molecule has 0 spiro atoms. The maximum absolute atomic E-state index is 12.3. The number of fused-ring (bicyclic) bond motifs is 1. The van der Waals surface area contributed by atoms with Gasteiger partial charge < -0.3 is 10.1 Å². The monoisotopic (exact) mass is 496 g/mol. The third-order valence-corrected chi connectivity index (χ3v) is 6.36. The van der Waals surface area contributed by atoms with Crippen LogP contribution in [0.25, 0.3) is 16.8 Å². The Labute approximate surface area is 193 Å². The molecule has 2 heterocycles. The predicted molar refractivity (Wildman–Crippen MR) is 126 cm³/mol. The summed E-state index contributed by atoms with van der Waals surface area (Å²) >= 11 is 4.90. The number of nitrogens with zero attached hydrogens (tertiary/aromatic N) is 3. The summed E-state index contributed by atoms with van der Waals surface area (Å²) in [6.07, 6.45) is 3.51. The number of aromatic nitrogens is 3. The van der Waals surface area contributed by atoms with E-state index < -0.39 is 0 Å². The zero-order chi connectivity index (χ0) is 21.6. The minimum atomic E-state index is -0.0455. The van der Waals surface area contributed by atoms with Crippen molar-refractivity contribution in [3.05, 3.63) is 77.0 Å². The molecular formula is C23H21BrN4O2S. The molecule has 0 radical (unpaired) electrons. The molecule has 0 unspecified atom stereocenters. The van der Waals surface area contributed by atoms with E-state index in [1.54, 1.807) is 10.7 Å². The van der Waals surface area contributed by atoms with Crippen molar-refractivity contribution in [2.45, 2.75) is 18.5 Å². The highest BCUT2D eigenvalue weighted by Gasteiger charge is 2.12. The summed E-state index contributed by atoms with van der Waals surface area (Å²) < 4.78 is 8.28. The highest BCUT2D eigenvalue weighted by Crippen LogP contribution is 2.27. The first-order chi connectivity index (χ1) is 15.1. The predicted octanol–water partition coefficient (Wildman–Crippen LogP) is 4.97. The Hall–Kier alpha value is -2.84. The number of amides is 1. The van der Waals surface area contributed by atoms with E-state index in [0.29, 0.717) is 13.2 Å². The molecule has 0 bridgehead atoms. The van der Waals surface area contributed by atoms with Gasteiger partial charge in [0.05, 0.1) is 23.6 Å². The lowest BCUT2D eigenvalue weighted by molar-refractivity contribution is -0.118. The molecule has 0 fully saturated rings. The highest BCUT2D eigenvalue weighted by molar-refractivity contribution is 9.10. The number of halogens is 1. The highest BCUT2D eigenvalue weighted by atomic mass is 79.9. The zero-order valence-corrected chi connectivity index (χ0v) is 19.3. The van der Waals surface area contributed by atoms with E-state index in [1.165, 1.54) is 11.8 Å². The second kappa shape index (κ2) is 9.98. The van der Waals surface area contributed by atoms with Crippen LogP contribution in [0.15, 0.2) is 76.5 Å². The largest absolute Gasteiger partial charge is 0.494 e. The lowest BCUT2D eigenvalue weighted by atomic mass is 10.1. The van der Waals surface area contributed by atoms with Crippen molar-refractivity contribution in [2.75, 3.05) is 12.4 Å². The summed E-state index contributed by atoms with van der Waals surface area (Å²) in [6.45, 7) is 3.08. The molecular weight excluding hydrogens is 476 g/mol. The quantitative estimate of drug-likeness (QED) is 0.349. The van der Waals surface area contributed by atoms with Crippen LogP contribution in [-0.4, -0.2) is 32.9 Å². The first kappa shape index (κ1) is 21.4. The Balaban J connectivity index is 1.43. The van der Waals surface area contributed by atoms with Gasteiger partial charge in [0, 0.05) is 29.0 Å².